The van der Waals surface area contributed by atoms with Crippen molar-refractivity contribution in [3.8, 4) is 0 Å². The summed E-state index contributed by atoms with van der Waals surface area (Å²) in [6.45, 7) is 1.78. The van der Waals surface area contributed by atoms with Crippen LogP contribution in [0.3, 0.4) is 0 Å². The maximum Gasteiger partial charge on any atom is 0.251 e. The van der Waals surface area contributed by atoms with E-state index in [0.717, 1.165) is 11.6 Å². The van der Waals surface area contributed by atoms with Crippen LogP contribution < -0.4 is 5.32 Å². The SMILES string of the molecule is Cc1ccc(S(=O)(=O)C(CNC(=O)c2cccc(F)c2)c2cccs2)cc1. The summed E-state index contributed by atoms with van der Waals surface area (Å²) in [7, 11) is -3.71. The number of sulfone groups is 1. The van der Waals surface area contributed by atoms with Gasteiger partial charge in [-0.2, -0.15) is 0 Å². The van der Waals surface area contributed by atoms with Gasteiger partial charge in [-0.1, -0.05) is 29.8 Å². The Morgan fingerprint density at radius 3 is 2.48 bits per heavy atom. The Bertz CT molecular complexity index is 1030. The van der Waals surface area contributed by atoms with E-state index in [0.29, 0.717) is 4.88 Å². The first kappa shape index (κ1) is 19.3. The zero-order valence-electron chi connectivity index (χ0n) is 14.6. The lowest BCUT2D eigenvalue weighted by Gasteiger charge is -2.17. The highest BCUT2D eigenvalue weighted by Crippen LogP contribution is 2.31. The fourth-order valence-corrected chi connectivity index (χ4v) is 5.43. The molecule has 3 aromatic rings. The zero-order chi connectivity index (χ0) is 19.4. The van der Waals surface area contributed by atoms with Crippen LogP contribution in [-0.2, 0) is 9.84 Å². The molecule has 1 amide bonds. The monoisotopic (exact) mass is 403 g/mol. The third-order valence-corrected chi connectivity index (χ3v) is 7.35. The fraction of sp³-hybridized carbons (Fsp3) is 0.150. The van der Waals surface area contributed by atoms with E-state index in [1.807, 2.05) is 6.92 Å². The van der Waals surface area contributed by atoms with Gasteiger partial charge >= 0.3 is 0 Å². The quantitative estimate of drug-likeness (QED) is 0.673. The molecule has 0 saturated carbocycles. The molecule has 27 heavy (non-hydrogen) atoms. The van der Waals surface area contributed by atoms with Crippen molar-refractivity contribution >= 4 is 27.1 Å². The van der Waals surface area contributed by atoms with Crippen LogP contribution in [0.15, 0.2) is 70.9 Å². The number of halogens is 1. The first-order valence-corrected chi connectivity index (χ1v) is 10.7. The molecule has 1 N–H and O–H groups in total. The van der Waals surface area contributed by atoms with E-state index in [9.17, 15) is 17.6 Å². The van der Waals surface area contributed by atoms with Crippen LogP contribution in [0.1, 0.15) is 26.0 Å². The van der Waals surface area contributed by atoms with Crippen LogP contribution in [-0.4, -0.2) is 20.9 Å². The van der Waals surface area contributed by atoms with Gasteiger partial charge in [-0.05, 0) is 48.7 Å². The molecule has 0 spiro atoms. The number of carbonyl (C=O) groups excluding carboxylic acids is 1. The summed E-state index contributed by atoms with van der Waals surface area (Å²) in [4.78, 5) is 13.1. The molecule has 0 aliphatic rings. The second-order valence-corrected chi connectivity index (χ2v) is 9.19. The van der Waals surface area contributed by atoms with Crippen molar-refractivity contribution in [1.82, 2.24) is 5.32 Å². The van der Waals surface area contributed by atoms with Crippen LogP contribution in [0.2, 0.25) is 0 Å². The summed E-state index contributed by atoms with van der Waals surface area (Å²) in [5, 5.41) is 3.50. The Morgan fingerprint density at radius 2 is 1.85 bits per heavy atom. The van der Waals surface area contributed by atoms with Crippen molar-refractivity contribution < 1.29 is 17.6 Å². The summed E-state index contributed by atoms with van der Waals surface area (Å²) >= 11 is 1.32. The second-order valence-electron chi connectivity index (χ2n) is 6.08. The molecule has 0 aliphatic heterocycles. The van der Waals surface area contributed by atoms with Gasteiger partial charge in [-0.25, -0.2) is 12.8 Å². The normalized spacial score (nSPS) is 12.5. The molecule has 0 radical (unpaired) electrons. The molecule has 140 valence electrons. The Balaban J connectivity index is 1.86. The number of carbonyl (C=O) groups is 1. The van der Waals surface area contributed by atoms with Gasteiger partial charge in [0.2, 0.25) is 0 Å². The molecular weight excluding hydrogens is 385 g/mol. The molecule has 0 saturated heterocycles. The molecule has 1 heterocycles. The standard InChI is InChI=1S/C20H18FNO3S2/c1-14-7-9-17(10-8-14)27(24,25)19(18-6-3-11-26-18)13-22-20(23)15-4-2-5-16(21)12-15/h2-12,19H,13H2,1H3,(H,22,23). The summed E-state index contributed by atoms with van der Waals surface area (Å²) in [6.07, 6.45) is 0. The summed E-state index contributed by atoms with van der Waals surface area (Å²) in [5.41, 5.74) is 1.11. The van der Waals surface area contributed by atoms with Crippen molar-refractivity contribution in [2.24, 2.45) is 0 Å². The van der Waals surface area contributed by atoms with Crippen LogP contribution in [0.5, 0.6) is 0 Å². The summed E-state index contributed by atoms with van der Waals surface area (Å²) in [6, 6.07) is 15.4. The van der Waals surface area contributed by atoms with Gasteiger partial charge < -0.3 is 5.32 Å². The fourth-order valence-electron chi connectivity index (χ4n) is 2.65. The summed E-state index contributed by atoms with van der Waals surface area (Å²) in [5.74, 6) is -1.04. The number of benzene rings is 2. The molecule has 1 aromatic heterocycles. The molecule has 0 fully saturated rings. The van der Waals surface area contributed by atoms with Crippen LogP contribution in [0.4, 0.5) is 4.39 Å². The minimum absolute atomic E-state index is 0.105. The van der Waals surface area contributed by atoms with Gasteiger partial charge in [0.1, 0.15) is 11.1 Å². The first-order valence-electron chi connectivity index (χ1n) is 8.25. The van der Waals surface area contributed by atoms with Crippen molar-refractivity contribution in [1.29, 1.82) is 0 Å². The van der Waals surface area contributed by atoms with E-state index in [1.165, 1.54) is 29.5 Å². The van der Waals surface area contributed by atoms with Crippen molar-refractivity contribution in [3.05, 3.63) is 87.9 Å². The third-order valence-electron chi connectivity index (χ3n) is 4.12. The summed E-state index contributed by atoms with van der Waals surface area (Å²) < 4.78 is 39.6. The Hall–Kier alpha value is -2.51. The molecule has 1 unspecified atom stereocenters. The molecule has 3 rings (SSSR count). The molecule has 4 nitrogen and oxygen atoms in total. The van der Waals surface area contributed by atoms with Crippen LogP contribution >= 0.6 is 11.3 Å². The average Bonchev–Trinajstić information content (AvgIpc) is 3.16. The lowest BCUT2D eigenvalue weighted by atomic mass is 10.2. The Morgan fingerprint density at radius 1 is 1.11 bits per heavy atom. The van der Waals surface area contributed by atoms with E-state index in [1.54, 1.807) is 41.8 Å². The van der Waals surface area contributed by atoms with E-state index in [2.05, 4.69) is 5.32 Å². The van der Waals surface area contributed by atoms with Crippen molar-refractivity contribution in [2.45, 2.75) is 17.1 Å². The topological polar surface area (TPSA) is 63.2 Å². The van der Waals surface area contributed by atoms with Gasteiger partial charge in [0, 0.05) is 17.0 Å². The van der Waals surface area contributed by atoms with E-state index in [-0.39, 0.29) is 17.0 Å². The van der Waals surface area contributed by atoms with E-state index >= 15 is 0 Å². The Kier molecular flexibility index (Phi) is 5.72. The number of aryl methyl sites for hydroxylation is 1. The lowest BCUT2D eigenvalue weighted by molar-refractivity contribution is 0.0953. The van der Waals surface area contributed by atoms with Crippen molar-refractivity contribution in [3.63, 3.8) is 0 Å². The lowest BCUT2D eigenvalue weighted by Crippen LogP contribution is -2.31. The van der Waals surface area contributed by atoms with Gasteiger partial charge in [0.25, 0.3) is 5.91 Å². The minimum Gasteiger partial charge on any atom is -0.350 e. The largest absolute Gasteiger partial charge is 0.350 e. The molecule has 0 bridgehead atoms. The van der Waals surface area contributed by atoms with E-state index in [4.69, 9.17) is 0 Å². The van der Waals surface area contributed by atoms with E-state index < -0.39 is 26.8 Å². The Labute approximate surface area is 161 Å². The molecule has 1 atom stereocenters. The highest BCUT2D eigenvalue weighted by molar-refractivity contribution is 7.91. The minimum atomic E-state index is -3.71. The number of hydrogen-bond donors (Lipinski definition) is 1. The predicted molar refractivity (Wildman–Crippen MR) is 104 cm³/mol. The molecule has 7 heteroatoms. The number of nitrogens with one attached hydrogen (secondary N) is 1. The highest BCUT2D eigenvalue weighted by atomic mass is 32.2. The van der Waals surface area contributed by atoms with Crippen LogP contribution in [0, 0.1) is 12.7 Å². The highest BCUT2D eigenvalue weighted by Gasteiger charge is 2.30. The average molecular weight is 404 g/mol. The maximum atomic E-state index is 13.3. The predicted octanol–water partition coefficient (Wildman–Crippen LogP) is 4.14. The maximum absolute atomic E-state index is 13.3. The number of amides is 1. The van der Waals surface area contributed by atoms with Gasteiger partial charge in [-0.15, -0.1) is 11.3 Å². The molecule has 0 aliphatic carbocycles. The second kappa shape index (κ2) is 8.02. The first-order chi connectivity index (χ1) is 12.9. The van der Waals surface area contributed by atoms with Gasteiger partial charge in [-0.3, -0.25) is 4.79 Å². The van der Waals surface area contributed by atoms with Crippen molar-refractivity contribution in [2.75, 3.05) is 6.54 Å². The third kappa shape index (κ3) is 4.43. The van der Waals surface area contributed by atoms with Gasteiger partial charge in [0.15, 0.2) is 9.84 Å². The molecular formula is C20H18FNO3S2. The molecule has 2 aromatic carbocycles. The number of hydrogen-bond acceptors (Lipinski definition) is 4. The zero-order valence-corrected chi connectivity index (χ0v) is 16.2. The number of rotatable bonds is 6. The number of thiophene rings is 1. The van der Waals surface area contributed by atoms with Crippen LogP contribution in [0.25, 0.3) is 0 Å². The smallest absolute Gasteiger partial charge is 0.251 e. The van der Waals surface area contributed by atoms with Gasteiger partial charge in [0.05, 0.1) is 4.90 Å².